The van der Waals surface area contributed by atoms with E-state index in [1.807, 2.05) is 0 Å². The fraction of sp³-hybridized carbons (Fsp3) is 0. The Morgan fingerprint density at radius 3 is 1.15 bits per heavy atom. The zero-order chi connectivity index (χ0) is 40.7. The molecule has 0 heteroatoms. The van der Waals surface area contributed by atoms with Gasteiger partial charge in [-0.1, -0.05) is 218 Å². The molecule has 0 spiro atoms. The summed E-state index contributed by atoms with van der Waals surface area (Å²) in [5.74, 6) is 0. The van der Waals surface area contributed by atoms with Crippen molar-refractivity contribution in [1.29, 1.82) is 0 Å². The molecule has 0 saturated heterocycles. The Morgan fingerprint density at radius 2 is 0.548 bits per heavy atom. The molecule has 0 aliphatic carbocycles. The van der Waals surface area contributed by atoms with Crippen LogP contribution in [0.3, 0.4) is 0 Å². The minimum atomic E-state index is 1.21. The van der Waals surface area contributed by atoms with Crippen molar-refractivity contribution in [1.82, 2.24) is 0 Å². The van der Waals surface area contributed by atoms with Crippen molar-refractivity contribution in [3.05, 3.63) is 231 Å². The van der Waals surface area contributed by atoms with E-state index in [0.29, 0.717) is 0 Å². The molecule has 0 heterocycles. The quantitative estimate of drug-likeness (QED) is 0.123. The van der Waals surface area contributed by atoms with E-state index >= 15 is 0 Å². The van der Waals surface area contributed by atoms with Crippen LogP contribution in [0, 0.1) is 0 Å². The Hall–Kier alpha value is -8.06. The van der Waals surface area contributed by atoms with Gasteiger partial charge in [0.15, 0.2) is 0 Å². The Bertz CT molecular complexity index is 3910. The predicted octanol–water partition coefficient (Wildman–Crippen LogP) is 17.6. The van der Waals surface area contributed by atoms with Gasteiger partial charge >= 0.3 is 0 Å². The summed E-state index contributed by atoms with van der Waals surface area (Å²) in [6.07, 6.45) is 0. The molecule has 0 amide bonds. The van der Waals surface area contributed by atoms with Crippen LogP contribution in [0.5, 0.6) is 0 Å². The number of benzene rings is 13. The summed E-state index contributed by atoms with van der Waals surface area (Å²) < 4.78 is 0. The number of fused-ring (bicyclic) bond motifs is 13. The van der Waals surface area contributed by atoms with E-state index in [0.717, 1.165) is 0 Å². The lowest BCUT2D eigenvalue weighted by atomic mass is 9.82. The Balaban J connectivity index is 1.02. The zero-order valence-electron chi connectivity index (χ0n) is 33.9. The molecule has 62 heavy (non-hydrogen) atoms. The third kappa shape index (κ3) is 5.14. The molecule has 13 rings (SSSR count). The Kier molecular flexibility index (Phi) is 7.71. The van der Waals surface area contributed by atoms with Crippen LogP contribution >= 0.6 is 0 Å². The maximum atomic E-state index is 2.44. The van der Waals surface area contributed by atoms with Crippen molar-refractivity contribution < 1.29 is 0 Å². The van der Waals surface area contributed by atoms with Gasteiger partial charge in [0.1, 0.15) is 0 Å². The van der Waals surface area contributed by atoms with Crippen LogP contribution in [0.4, 0.5) is 0 Å². The molecule has 0 aromatic heterocycles. The largest absolute Gasteiger partial charge is 0.0616 e. The molecular weight excluding hydrogens is 745 g/mol. The Labute approximate surface area is 359 Å². The van der Waals surface area contributed by atoms with Crippen LogP contribution in [0.15, 0.2) is 231 Å². The van der Waals surface area contributed by atoms with Gasteiger partial charge < -0.3 is 0 Å². The maximum Gasteiger partial charge on any atom is -0.00199 e. The molecule has 0 saturated carbocycles. The molecule has 0 unspecified atom stereocenters. The summed E-state index contributed by atoms with van der Waals surface area (Å²) in [7, 11) is 0. The second kappa shape index (κ2) is 13.7. The van der Waals surface area contributed by atoms with Gasteiger partial charge in [0.25, 0.3) is 0 Å². The van der Waals surface area contributed by atoms with Gasteiger partial charge in [-0.25, -0.2) is 0 Å². The van der Waals surface area contributed by atoms with Crippen molar-refractivity contribution in [2.45, 2.75) is 0 Å². The van der Waals surface area contributed by atoms with Gasteiger partial charge in [-0.05, 0) is 143 Å². The van der Waals surface area contributed by atoms with E-state index in [1.165, 1.54) is 131 Å². The van der Waals surface area contributed by atoms with E-state index in [-0.39, 0.29) is 0 Å². The minimum absolute atomic E-state index is 1.21. The monoisotopic (exact) mass is 782 g/mol. The van der Waals surface area contributed by atoms with Crippen molar-refractivity contribution in [2.75, 3.05) is 0 Å². The highest BCUT2D eigenvalue weighted by molar-refractivity contribution is 6.33. The highest BCUT2D eigenvalue weighted by Gasteiger charge is 2.21. The van der Waals surface area contributed by atoms with Gasteiger partial charge in [-0.2, -0.15) is 0 Å². The van der Waals surface area contributed by atoms with Gasteiger partial charge in [-0.15, -0.1) is 0 Å². The standard InChI is InChI=1S/C62H38/c1-2-18-42-41(17-1)37-58(46-22-5-3-19-43(42)46)49-25-9-12-28-52(49)61-55-31-15-13-29-53(55)60(54-30-14-16-32-56(54)61)40-35-33-39(34-36-40)57-38-59-47-23-6-4-20-44(47)45-21-7-10-26-50(45)62(59)51-27-11-8-24-48(51)57/h1-38H. The summed E-state index contributed by atoms with van der Waals surface area (Å²) in [6, 6.07) is 85.6. The lowest BCUT2D eigenvalue weighted by molar-refractivity contribution is 1.63. The molecule has 13 aromatic carbocycles. The summed E-state index contributed by atoms with van der Waals surface area (Å²) in [6.45, 7) is 0. The topological polar surface area (TPSA) is 0 Å². The van der Waals surface area contributed by atoms with Crippen molar-refractivity contribution in [2.24, 2.45) is 0 Å². The van der Waals surface area contributed by atoms with Crippen molar-refractivity contribution in [3.63, 3.8) is 0 Å². The van der Waals surface area contributed by atoms with Crippen LogP contribution in [-0.2, 0) is 0 Å². The van der Waals surface area contributed by atoms with Gasteiger partial charge in [0.05, 0.1) is 0 Å². The van der Waals surface area contributed by atoms with Crippen molar-refractivity contribution >= 4 is 86.2 Å². The second-order valence-corrected chi connectivity index (χ2v) is 16.6. The molecule has 0 aliphatic heterocycles. The summed E-state index contributed by atoms with van der Waals surface area (Å²) in [5.41, 5.74) is 9.95. The molecule has 0 bridgehead atoms. The molecule has 13 aromatic rings. The minimum Gasteiger partial charge on any atom is -0.0616 e. The SMILES string of the molecule is c1ccc(-c2cc3ccccc3c3ccccc23)c(-c2c3ccccc3c(-c3ccc(-c4cc5c6ccccc6c6ccccc6c5c5ccccc45)cc3)c3ccccc23)c1. The highest BCUT2D eigenvalue weighted by atomic mass is 14.2. The van der Waals surface area contributed by atoms with E-state index in [1.54, 1.807) is 0 Å². The number of hydrogen-bond acceptors (Lipinski definition) is 0. The summed E-state index contributed by atoms with van der Waals surface area (Å²) in [5, 5.41) is 20.5. The van der Waals surface area contributed by atoms with Crippen LogP contribution < -0.4 is 0 Å². The van der Waals surface area contributed by atoms with Crippen LogP contribution in [-0.4, -0.2) is 0 Å². The predicted molar refractivity (Wildman–Crippen MR) is 268 cm³/mol. The smallest absolute Gasteiger partial charge is 0.00199 e. The molecule has 0 nitrogen and oxygen atoms in total. The molecule has 0 atom stereocenters. The van der Waals surface area contributed by atoms with Crippen LogP contribution in [0.25, 0.3) is 131 Å². The van der Waals surface area contributed by atoms with Crippen LogP contribution in [0.1, 0.15) is 0 Å². The lowest BCUT2D eigenvalue weighted by Gasteiger charge is -2.21. The number of rotatable bonds is 4. The summed E-state index contributed by atoms with van der Waals surface area (Å²) >= 11 is 0. The van der Waals surface area contributed by atoms with Crippen LogP contribution in [0.2, 0.25) is 0 Å². The second-order valence-electron chi connectivity index (χ2n) is 16.6. The number of hydrogen-bond donors (Lipinski definition) is 0. The first-order valence-electron chi connectivity index (χ1n) is 21.6. The highest BCUT2D eigenvalue weighted by Crippen LogP contribution is 2.48. The normalized spacial score (nSPS) is 11.9. The Morgan fingerprint density at radius 1 is 0.177 bits per heavy atom. The molecule has 0 radical (unpaired) electrons. The van der Waals surface area contributed by atoms with E-state index in [2.05, 4.69) is 231 Å². The lowest BCUT2D eigenvalue weighted by Crippen LogP contribution is -1.93. The molecular formula is C62H38. The fourth-order valence-corrected chi connectivity index (χ4v) is 10.8. The molecule has 0 N–H and O–H groups in total. The first-order valence-corrected chi connectivity index (χ1v) is 21.6. The third-order valence-corrected chi connectivity index (χ3v) is 13.4. The molecule has 0 aliphatic rings. The van der Waals surface area contributed by atoms with Gasteiger partial charge in [0, 0.05) is 0 Å². The zero-order valence-corrected chi connectivity index (χ0v) is 33.9. The first-order chi connectivity index (χ1) is 30.8. The maximum absolute atomic E-state index is 2.44. The van der Waals surface area contributed by atoms with E-state index in [4.69, 9.17) is 0 Å². The van der Waals surface area contributed by atoms with Gasteiger partial charge in [0.2, 0.25) is 0 Å². The van der Waals surface area contributed by atoms with E-state index in [9.17, 15) is 0 Å². The average Bonchev–Trinajstić information content (AvgIpc) is 3.35. The average molecular weight is 783 g/mol. The molecule has 286 valence electrons. The molecule has 0 fully saturated rings. The third-order valence-electron chi connectivity index (χ3n) is 13.4. The van der Waals surface area contributed by atoms with E-state index < -0.39 is 0 Å². The van der Waals surface area contributed by atoms with Crippen molar-refractivity contribution in [3.8, 4) is 44.5 Å². The summed E-state index contributed by atoms with van der Waals surface area (Å²) in [4.78, 5) is 0. The van der Waals surface area contributed by atoms with Gasteiger partial charge in [-0.3, -0.25) is 0 Å². The fourth-order valence-electron chi connectivity index (χ4n) is 10.8. The first kappa shape index (κ1) is 34.8.